The number of nitrogens with one attached hydrogen (secondary N) is 1. The minimum Gasteiger partial charge on any atom is -0.631 e. The van der Waals surface area contributed by atoms with Gasteiger partial charge in [0, 0.05) is 18.3 Å². The van der Waals surface area contributed by atoms with Crippen LogP contribution in [0.2, 0.25) is 0 Å². The van der Waals surface area contributed by atoms with Crippen molar-refractivity contribution in [1.82, 2.24) is 5.32 Å². The molecule has 1 amide bonds. The van der Waals surface area contributed by atoms with E-state index in [1.165, 1.54) is 0 Å². The molecule has 120 valence electrons. The van der Waals surface area contributed by atoms with E-state index in [1.54, 1.807) is 7.05 Å². The molecule has 4 rings (SSSR count). The maximum Gasteiger partial charge on any atom is 0.412 e. The molecule has 5 nitrogen and oxygen atoms in total. The SMILES string of the molecule is CC1(C)C2CC1[N+](C)([O-])[C@H](NC(=O)OCc1ccccc1)C2. The van der Waals surface area contributed by atoms with Crippen molar-refractivity contribution in [1.29, 1.82) is 0 Å². The van der Waals surface area contributed by atoms with E-state index in [1.807, 2.05) is 30.3 Å². The summed E-state index contributed by atoms with van der Waals surface area (Å²) in [7, 11) is 1.67. The van der Waals surface area contributed by atoms with Crippen molar-refractivity contribution in [2.45, 2.75) is 45.5 Å². The molecule has 1 aliphatic carbocycles. The van der Waals surface area contributed by atoms with Crippen LogP contribution in [0.4, 0.5) is 4.79 Å². The molecule has 4 atom stereocenters. The summed E-state index contributed by atoms with van der Waals surface area (Å²) in [5.74, 6) is 0.511. The van der Waals surface area contributed by atoms with Crippen LogP contribution in [0.15, 0.2) is 30.3 Å². The highest BCUT2D eigenvalue weighted by molar-refractivity contribution is 5.67. The fourth-order valence-corrected chi connectivity index (χ4v) is 4.04. The van der Waals surface area contributed by atoms with Crippen molar-refractivity contribution < 1.29 is 14.2 Å². The second kappa shape index (κ2) is 5.25. The van der Waals surface area contributed by atoms with E-state index in [0.29, 0.717) is 5.92 Å². The standard InChI is InChI=1S/C17H24N2O3/c1-17(2)13-9-14(17)19(3,21)15(10-13)18-16(20)22-11-12-7-5-4-6-8-12/h4-8,13-15H,9-11H2,1-3H3,(H,18,20)/t13?,14?,15-,19?/m0/s1. The van der Waals surface area contributed by atoms with E-state index in [9.17, 15) is 10.0 Å². The monoisotopic (exact) mass is 304 g/mol. The Morgan fingerprint density at radius 2 is 2.05 bits per heavy atom. The van der Waals surface area contributed by atoms with Crippen LogP contribution < -0.4 is 5.32 Å². The highest BCUT2D eigenvalue weighted by Crippen LogP contribution is 2.57. The van der Waals surface area contributed by atoms with Gasteiger partial charge in [0.25, 0.3) is 0 Å². The van der Waals surface area contributed by atoms with Crippen molar-refractivity contribution in [3.05, 3.63) is 41.1 Å². The van der Waals surface area contributed by atoms with Crippen molar-refractivity contribution in [2.75, 3.05) is 7.05 Å². The highest BCUT2D eigenvalue weighted by atomic mass is 16.6. The van der Waals surface area contributed by atoms with Crippen molar-refractivity contribution in [3.8, 4) is 0 Å². The fourth-order valence-electron chi connectivity index (χ4n) is 4.04. The Morgan fingerprint density at radius 1 is 1.36 bits per heavy atom. The van der Waals surface area contributed by atoms with E-state index in [0.717, 1.165) is 18.4 Å². The molecule has 1 N–H and O–H groups in total. The Hall–Kier alpha value is -1.59. The first-order chi connectivity index (χ1) is 10.3. The minimum absolute atomic E-state index is 0.0608. The molecule has 22 heavy (non-hydrogen) atoms. The molecule has 5 heteroatoms. The van der Waals surface area contributed by atoms with Gasteiger partial charge < -0.3 is 14.6 Å². The molecule has 3 aliphatic rings. The Balaban J connectivity index is 1.56. The van der Waals surface area contributed by atoms with E-state index in [4.69, 9.17) is 4.74 Å². The molecule has 2 heterocycles. The summed E-state index contributed by atoms with van der Waals surface area (Å²) in [5, 5.41) is 15.7. The summed E-state index contributed by atoms with van der Waals surface area (Å²) in [5.41, 5.74) is 1.01. The largest absolute Gasteiger partial charge is 0.631 e. The lowest BCUT2D eigenvalue weighted by Gasteiger charge is -2.68. The van der Waals surface area contributed by atoms with Crippen molar-refractivity contribution in [2.24, 2.45) is 11.3 Å². The molecule has 1 aromatic rings. The van der Waals surface area contributed by atoms with Crippen LogP contribution >= 0.6 is 0 Å². The zero-order chi connectivity index (χ0) is 16.0. The summed E-state index contributed by atoms with van der Waals surface area (Å²) < 4.78 is 4.83. The average Bonchev–Trinajstić information content (AvgIpc) is 2.47. The summed E-state index contributed by atoms with van der Waals surface area (Å²) in [6.45, 7) is 4.54. The predicted molar refractivity (Wildman–Crippen MR) is 83.4 cm³/mol. The summed E-state index contributed by atoms with van der Waals surface area (Å²) in [6, 6.07) is 9.59. The molecule has 0 aromatic heterocycles. The van der Waals surface area contributed by atoms with Crippen molar-refractivity contribution >= 4 is 6.09 Å². The van der Waals surface area contributed by atoms with Crippen LogP contribution in [0.5, 0.6) is 0 Å². The van der Waals surface area contributed by atoms with Crippen LogP contribution in [0, 0.1) is 16.5 Å². The highest BCUT2D eigenvalue weighted by Gasteiger charge is 2.62. The number of hydrogen-bond acceptors (Lipinski definition) is 3. The Bertz CT molecular complexity index is 556. The lowest BCUT2D eigenvalue weighted by Crippen LogP contribution is -2.76. The molecule has 2 saturated heterocycles. The minimum atomic E-state index is -0.506. The van der Waals surface area contributed by atoms with E-state index in [2.05, 4.69) is 19.2 Å². The number of piperidine rings is 2. The quantitative estimate of drug-likeness (QED) is 0.690. The number of hydroxylamine groups is 3. The number of fused-ring (bicyclic) bond motifs is 2. The van der Waals surface area contributed by atoms with Crippen LogP contribution in [0.1, 0.15) is 32.3 Å². The predicted octanol–water partition coefficient (Wildman–Crippen LogP) is 3.00. The molecule has 0 spiro atoms. The lowest BCUT2D eigenvalue weighted by atomic mass is 9.54. The molecular weight excluding hydrogens is 280 g/mol. The van der Waals surface area contributed by atoms with Gasteiger partial charge in [-0.3, -0.25) is 5.32 Å². The zero-order valence-electron chi connectivity index (χ0n) is 13.4. The van der Waals surface area contributed by atoms with Gasteiger partial charge in [-0.15, -0.1) is 0 Å². The average molecular weight is 304 g/mol. The van der Waals surface area contributed by atoms with Gasteiger partial charge in [-0.25, -0.2) is 4.79 Å². The van der Waals surface area contributed by atoms with Gasteiger partial charge in [-0.05, 0) is 11.5 Å². The zero-order valence-corrected chi connectivity index (χ0v) is 13.4. The van der Waals surface area contributed by atoms with Gasteiger partial charge in [-0.2, -0.15) is 0 Å². The van der Waals surface area contributed by atoms with E-state index < -0.39 is 16.9 Å². The fraction of sp³-hybridized carbons (Fsp3) is 0.588. The number of rotatable bonds is 3. The number of benzene rings is 1. The molecular formula is C17H24N2O3. The second-order valence-electron chi connectivity index (χ2n) is 7.29. The van der Waals surface area contributed by atoms with Crippen LogP contribution in [0.25, 0.3) is 0 Å². The molecule has 0 radical (unpaired) electrons. The first-order valence-electron chi connectivity index (χ1n) is 7.86. The number of carbonyl (C=O) groups excluding carboxylic acids is 1. The summed E-state index contributed by atoms with van der Waals surface area (Å²) in [4.78, 5) is 12.0. The number of ether oxygens (including phenoxy) is 1. The number of amides is 1. The van der Waals surface area contributed by atoms with Gasteiger partial charge >= 0.3 is 6.09 Å². The summed E-state index contributed by atoms with van der Waals surface area (Å²) in [6.07, 6.45) is 0.780. The van der Waals surface area contributed by atoms with Gasteiger partial charge in [0.15, 0.2) is 6.17 Å². The Kier molecular flexibility index (Phi) is 3.65. The van der Waals surface area contributed by atoms with Crippen molar-refractivity contribution in [3.63, 3.8) is 0 Å². The first-order valence-corrected chi connectivity index (χ1v) is 7.86. The van der Waals surface area contributed by atoms with Gasteiger partial charge in [0.05, 0.1) is 13.1 Å². The van der Waals surface area contributed by atoms with Crippen LogP contribution in [-0.2, 0) is 11.3 Å². The molecule has 3 unspecified atom stereocenters. The summed E-state index contributed by atoms with van der Waals surface area (Å²) >= 11 is 0. The third-order valence-electron chi connectivity index (χ3n) is 5.66. The number of quaternary nitrogens is 1. The maximum atomic E-state index is 12.9. The maximum absolute atomic E-state index is 12.9. The lowest BCUT2D eigenvalue weighted by molar-refractivity contribution is -0.942. The molecule has 1 aromatic carbocycles. The first kappa shape index (κ1) is 15.3. The van der Waals surface area contributed by atoms with Crippen LogP contribution in [0.3, 0.4) is 0 Å². The number of carbonyl (C=O) groups is 1. The number of hydrogen-bond donors (Lipinski definition) is 1. The van der Waals surface area contributed by atoms with Crippen LogP contribution in [-0.4, -0.2) is 30.0 Å². The number of alkyl carbamates (subject to hydrolysis) is 1. The molecule has 1 saturated carbocycles. The third-order valence-corrected chi connectivity index (χ3v) is 5.66. The Labute approximate surface area is 131 Å². The molecule has 2 aliphatic heterocycles. The smallest absolute Gasteiger partial charge is 0.412 e. The molecule has 2 bridgehead atoms. The van der Waals surface area contributed by atoms with E-state index >= 15 is 0 Å². The normalized spacial score (nSPS) is 35.4. The number of nitrogens with zero attached hydrogens (tertiary/aromatic N) is 1. The topological polar surface area (TPSA) is 61.4 Å². The van der Waals surface area contributed by atoms with Gasteiger partial charge in [0.2, 0.25) is 0 Å². The Morgan fingerprint density at radius 3 is 2.64 bits per heavy atom. The third kappa shape index (κ3) is 2.48. The van der Waals surface area contributed by atoms with E-state index in [-0.39, 0.29) is 18.1 Å². The van der Waals surface area contributed by atoms with Gasteiger partial charge in [-0.1, -0.05) is 44.2 Å². The van der Waals surface area contributed by atoms with Gasteiger partial charge in [0.1, 0.15) is 6.61 Å². The second-order valence-corrected chi connectivity index (χ2v) is 7.29. The molecule has 3 fully saturated rings.